The van der Waals surface area contributed by atoms with Crippen molar-refractivity contribution in [3.63, 3.8) is 0 Å². The van der Waals surface area contributed by atoms with Crippen LogP contribution in [0.3, 0.4) is 0 Å². The third kappa shape index (κ3) is 5.93. The lowest BCUT2D eigenvalue weighted by Gasteiger charge is -2.11. The van der Waals surface area contributed by atoms with Crippen molar-refractivity contribution in [2.75, 3.05) is 13.6 Å². The van der Waals surface area contributed by atoms with E-state index in [4.69, 9.17) is 0 Å². The van der Waals surface area contributed by atoms with Gasteiger partial charge < -0.3 is 10.6 Å². The van der Waals surface area contributed by atoms with E-state index in [-0.39, 0.29) is 22.9 Å². The Hall–Kier alpha value is -1.44. The summed E-state index contributed by atoms with van der Waals surface area (Å²) < 4.78 is 26.8. The van der Waals surface area contributed by atoms with Crippen LogP contribution in [0.1, 0.15) is 31.7 Å². The van der Waals surface area contributed by atoms with Crippen LogP contribution in [-0.4, -0.2) is 40.0 Å². The van der Waals surface area contributed by atoms with Crippen LogP contribution in [0.5, 0.6) is 0 Å². The summed E-state index contributed by atoms with van der Waals surface area (Å²) in [6, 6.07) is 7.07. The van der Waals surface area contributed by atoms with Gasteiger partial charge in [0.05, 0.1) is 4.90 Å². The number of carbonyl (C=O) groups is 1. The third-order valence-electron chi connectivity index (χ3n) is 3.87. The number of amides is 1. The highest BCUT2D eigenvalue weighted by Gasteiger charge is 2.27. The minimum Gasteiger partial charge on any atom is -0.355 e. The van der Waals surface area contributed by atoms with E-state index in [9.17, 15) is 13.2 Å². The molecule has 1 aliphatic carbocycles. The first-order valence-electron chi connectivity index (χ1n) is 7.96. The van der Waals surface area contributed by atoms with Crippen LogP contribution in [0.2, 0.25) is 0 Å². The van der Waals surface area contributed by atoms with Gasteiger partial charge in [-0.2, -0.15) is 0 Å². The maximum Gasteiger partial charge on any atom is 0.240 e. The normalized spacial score (nSPS) is 16.1. The number of sulfonamides is 1. The number of nitrogens with one attached hydrogen (secondary N) is 3. The molecule has 0 aromatic heterocycles. The molecule has 7 heteroatoms. The average Bonchev–Trinajstić information content (AvgIpc) is 3.34. The molecule has 1 amide bonds. The molecule has 1 aliphatic rings. The van der Waals surface area contributed by atoms with Gasteiger partial charge in [0.25, 0.3) is 0 Å². The summed E-state index contributed by atoms with van der Waals surface area (Å²) in [4.78, 5) is 12.0. The second-order valence-corrected chi connectivity index (χ2v) is 7.75. The molecule has 6 nitrogen and oxygen atoms in total. The van der Waals surface area contributed by atoms with Gasteiger partial charge in [0.1, 0.15) is 0 Å². The van der Waals surface area contributed by atoms with Crippen molar-refractivity contribution >= 4 is 15.9 Å². The molecule has 1 unspecified atom stereocenters. The van der Waals surface area contributed by atoms with E-state index >= 15 is 0 Å². The van der Waals surface area contributed by atoms with E-state index in [0.717, 1.165) is 18.4 Å². The van der Waals surface area contributed by atoms with Crippen LogP contribution in [0.15, 0.2) is 29.2 Å². The zero-order valence-corrected chi connectivity index (χ0v) is 14.4. The highest BCUT2D eigenvalue weighted by Crippen LogP contribution is 2.22. The van der Waals surface area contributed by atoms with Crippen molar-refractivity contribution in [1.82, 2.24) is 15.4 Å². The monoisotopic (exact) mass is 339 g/mol. The van der Waals surface area contributed by atoms with Crippen LogP contribution >= 0.6 is 0 Å². The van der Waals surface area contributed by atoms with Gasteiger partial charge in [-0.3, -0.25) is 4.79 Å². The second kappa shape index (κ2) is 7.90. The predicted octanol–water partition coefficient (Wildman–Crippen LogP) is 0.784. The molecule has 23 heavy (non-hydrogen) atoms. The Morgan fingerprint density at radius 3 is 2.48 bits per heavy atom. The lowest BCUT2D eigenvalue weighted by atomic mass is 10.1. The van der Waals surface area contributed by atoms with E-state index in [2.05, 4.69) is 15.4 Å². The van der Waals surface area contributed by atoms with Gasteiger partial charge in [0.2, 0.25) is 15.9 Å². The number of carbonyl (C=O) groups excluding carboxylic acids is 1. The molecule has 1 fully saturated rings. The first kappa shape index (κ1) is 17.9. The fourth-order valence-corrected chi connectivity index (χ4v) is 3.34. The van der Waals surface area contributed by atoms with Crippen LogP contribution in [0.4, 0.5) is 0 Å². The molecule has 0 aliphatic heterocycles. The van der Waals surface area contributed by atoms with E-state index < -0.39 is 10.0 Å². The summed E-state index contributed by atoms with van der Waals surface area (Å²) >= 11 is 0. The average molecular weight is 339 g/mol. The SMILES string of the molecule is CNC(C)CNC(=O)CCc1ccc(S(=O)(=O)NC2CC2)cc1. The van der Waals surface area contributed by atoms with Crippen molar-refractivity contribution in [3.05, 3.63) is 29.8 Å². The lowest BCUT2D eigenvalue weighted by Crippen LogP contribution is -2.37. The predicted molar refractivity (Wildman–Crippen MR) is 89.6 cm³/mol. The van der Waals surface area contributed by atoms with Crippen LogP contribution in [0.25, 0.3) is 0 Å². The van der Waals surface area contributed by atoms with Gasteiger partial charge >= 0.3 is 0 Å². The number of benzene rings is 1. The lowest BCUT2D eigenvalue weighted by molar-refractivity contribution is -0.121. The smallest absolute Gasteiger partial charge is 0.240 e. The molecule has 1 saturated carbocycles. The summed E-state index contributed by atoms with van der Waals surface area (Å²) in [6.07, 6.45) is 2.82. The molecule has 1 aromatic rings. The van der Waals surface area contributed by atoms with Crippen LogP contribution in [0, 0.1) is 0 Å². The topological polar surface area (TPSA) is 87.3 Å². The molecular weight excluding hydrogens is 314 g/mol. The molecule has 1 atom stereocenters. The summed E-state index contributed by atoms with van der Waals surface area (Å²) in [7, 11) is -1.55. The van der Waals surface area contributed by atoms with Crippen molar-refractivity contribution in [2.24, 2.45) is 0 Å². The number of likely N-dealkylation sites (N-methyl/N-ethyl adjacent to an activating group) is 1. The van der Waals surface area contributed by atoms with Gasteiger partial charge in [-0.1, -0.05) is 12.1 Å². The van der Waals surface area contributed by atoms with Gasteiger partial charge in [-0.05, 0) is 50.9 Å². The van der Waals surface area contributed by atoms with Gasteiger partial charge in [-0.15, -0.1) is 0 Å². The Morgan fingerprint density at radius 1 is 1.26 bits per heavy atom. The number of aryl methyl sites for hydroxylation is 1. The largest absolute Gasteiger partial charge is 0.355 e. The highest BCUT2D eigenvalue weighted by molar-refractivity contribution is 7.89. The number of rotatable bonds is 9. The maximum atomic E-state index is 12.1. The van der Waals surface area contributed by atoms with Crippen LogP contribution < -0.4 is 15.4 Å². The molecule has 128 valence electrons. The van der Waals surface area contributed by atoms with E-state index in [0.29, 0.717) is 19.4 Å². The van der Waals surface area contributed by atoms with Crippen molar-refractivity contribution in [2.45, 2.75) is 49.6 Å². The standard InChI is InChI=1S/C16H25N3O3S/c1-12(17-2)11-18-16(20)10-5-13-3-8-15(9-4-13)23(21,22)19-14-6-7-14/h3-4,8-9,12,14,17,19H,5-7,10-11H2,1-2H3,(H,18,20). The molecule has 0 saturated heterocycles. The molecule has 1 aromatic carbocycles. The van der Waals surface area contributed by atoms with Gasteiger partial charge in [-0.25, -0.2) is 13.1 Å². The van der Waals surface area contributed by atoms with Crippen LogP contribution in [-0.2, 0) is 21.2 Å². The summed E-state index contributed by atoms with van der Waals surface area (Å²) in [5, 5.41) is 5.92. The fourth-order valence-electron chi connectivity index (χ4n) is 2.04. The van der Waals surface area contributed by atoms with E-state index in [1.165, 1.54) is 0 Å². The third-order valence-corrected chi connectivity index (χ3v) is 5.41. The molecule has 0 heterocycles. The number of hydrogen-bond acceptors (Lipinski definition) is 4. The van der Waals surface area contributed by atoms with Gasteiger partial charge in [0, 0.05) is 25.0 Å². The Morgan fingerprint density at radius 2 is 1.91 bits per heavy atom. The first-order chi connectivity index (χ1) is 10.9. The Bertz CT molecular complexity index is 624. The fraction of sp³-hybridized carbons (Fsp3) is 0.562. The van der Waals surface area contributed by atoms with E-state index in [1.807, 2.05) is 14.0 Å². The molecule has 0 spiro atoms. The minimum atomic E-state index is -3.40. The summed E-state index contributed by atoms with van der Waals surface area (Å²) in [6.45, 7) is 2.59. The maximum absolute atomic E-state index is 12.1. The molecule has 2 rings (SSSR count). The molecule has 3 N–H and O–H groups in total. The summed E-state index contributed by atoms with van der Waals surface area (Å²) in [5.74, 6) is -0.000742. The molecule has 0 bridgehead atoms. The zero-order valence-electron chi connectivity index (χ0n) is 13.6. The second-order valence-electron chi connectivity index (χ2n) is 6.03. The first-order valence-corrected chi connectivity index (χ1v) is 9.44. The van der Waals surface area contributed by atoms with Crippen molar-refractivity contribution in [1.29, 1.82) is 0 Å². The Labute approximate surface area is 138 Å². The van der Waals surface area contributed by atoms with E-state index in [1.54, 1.807) is 24.3 Å². The molecule has 0 radical (unpaired) electrons. The molecular formula is C16H25N3O3S. The van der Waals surface area contributed by atoms with Gasteiger partial charge in [0.15, 0.2) is 0 Å². The Balaban J connectivity index is 1.81. The highest BCUT2D eigenvalue weighted by atomic mass is 32.2. The zero-order chi connectivity index (χ0) is 16.9. The Kier molecular flexibility index (Phi) is 6.15. The quantitative estimate of drug-likeness (QED) is 0.621. The number of hydrogen-bond donors (Lipinski definition) is 3. The summed E-state index contributed by atoms with van der Waals surface area (Å²) in [5.41, 5.74) is 0.951. The van der Waals surface area contributed by atoms with Crippen molar-refractivity contribution < 1.29 is 13.2 Å². The minimum absolute atomic E-state index is 0.000742. The van der Waals surface area contributed by atoms with Crippen molar-refractivity contribution in [3.8, 4) is 0 Å².